The average Bonchev–Trinajstić information content (AvgIpc) is 3.50. The van der Waals surface area contributed by atoms with Crippen molar-refractivity contribution in [2.45, 2.75) is 25.8 Å². The van der Waals surface area contributed by atoms with Gasteiger partial charge in [-0.25, -0.2) is 4.98 Å². The first kappa shape index (κ1) is 17.8. The van der Waals surface area contributed by atoms with E-state index in [1.807, 2.05) is 24.5 Å². The van der Waals surface area contributed by atoms with E-state index < -0.39 is 0 Å². The Morgan fingerprint density at radius 2 is 1.86 bits per heavy atom. The molecule has 2 aromatic heterocycles. The summed E-state index contributed by atoms with van der Waals surface area (Å²) in [5.74, 6) is 1.56. The summed E-state index contributed by atoms with van der Waals surface area (Å²) in [6.45, 7) is 4.12. The van der Waals surface area contributed by atoms with Gasteiger partial charge in [0.1, 0.15) is 0 Å². The van der Waals surface area contributed by atoms with Gasteiger partial charge in [0.2, 0.25) is 11.7 Å². The van der Waals surface area contributed by atoms with E-state index in [-0.39, 0.29) is 0 Å². The fraction of sp³-hybridized carbons (Fsp3) is 0.261. The molecule has 1 saturated heterocycles. The van der Waals surface area contributed by atoms with Crippen LogP contribution in [0.25, 0.3) is 22.6 Å². The molecule has 6 nitrogen and oxygen atoms in total. The van der Waals surface area contributed by atoms with E-state index in [2.05, 4.69) is 51.1 Å². The van der Waals surface area contributed by atoms with Crippen molar-refractivity contribution in [2.75, 3.05) is 13.2 Å². The second-order valence-corrected chi connectivity index (χ2v) is 7.37. The Morgan fingerprint density at radius 3 is 2.55 bits per heavy atom. The van der Waals surface area contributed by atoms with Crippen LogP contribution in [0.4, 0.5) is 0 Å². The van der Waals surface area contributed by atoms with Crippen molar-refractivity contribution in [3.05, 3.63) is 78.1 Å². The van der Waals surface area contributed by atoms with Crippen LogP contribution in [0.5, 0.6) is 0 Å². The molecule has 1 aliphatic rings. The number of imidazole rings is 1. The molecule has 0 radical (unpaired) electrons. The smallest absolute Gasteiger partial charge is 0.223 e. The van der Waals surface area contributed by atoms with Crippen LogP contribution >= 0.6 is 0 Å². The molecule has 4 aromatic rings. The van der Waals surface area contributed by atoms with Crippen molar-refractivity contribution in [1.82, 2.24) is 19.7 Å². The SMILES string of the molecule is Cc1nc(-c2ccc(Cn3cnc(-c4ccccc4)c3[C@@H]3CCOC3)cc2)no1. The quantitative estimate of drug-likeness (QED) is 0.507. The number of hydrogen-bond donors (Lipinski definition) is 0. The molecule has 0 amide bonds. The minimum absolute atomic E-state index is 0.370. The van der Waals surface area contributed by atoms with Gasteiger partial charge in [-0.2, -0.15) is 4.98 Å². The number of aryl methyl sites for hydroxylation is 1. The number of rotatable bonds is 5. The Labute approximate surface area is 169 Å². The highest BCUT2D eigenvalue weighted by molar-refractivity contribution is 5.63. The van der Waals surface area contributed by atoms with Gasteiger partial charge in [-0.05, 0) is 12.0 Å². The van der Waals surface area contributed by atoms with Crippen LogP contribution in [0.15, 0.2) is 65.4 Å². The molecule has 0 bridgehead atoms. The van der Waals surface area contributed by atoms with E-state index in [0.717, 1.165) is 43.0 Å². The van der Waals surface area contributed by atoms with Crippen LogP contribution in [-0.2, 0) is 11.3 Å². The van der Waals surface area contributed by atoms with Gasteiger partial charge in [0.25, 0.3) is 0 Å². The number of benzene rings is 2. The fourth-order valence-corrected chi connectivity index (χ4v) is 3.89. The lowest BCUT2D eigenvalue weighted by molar-refractivity contribution is 0.193. The summed E-state index contributed by atoms with van der Waals surface area (Å²) in [4.78, 5) is 9.06. The Hall–Kier alpha value is -3.25. The third-order valence-corrected chi connectivity index (χ3v) is 5.33. The highest BCUT2D eigenvalue weighted by Gasteiger charge is 2.26. The molecule has 3 heterocycles. The molecule has 1 atom stereocenters. The minimum Gasteiger partial charge on any atom is -0.381 e. The van der Waals surface area contributed by atoms with Gasteiger partial charge in [0, 0.05) is 37.1 Å². The van der Waals surface area contributed by atoms with E-state index in [9.17, 15) is 0 Å². The molecule has 0 unspecified atom stereocenters. The maximum Gasteiger partial charge on any atom is 0.223 e. The molecule has 0 aliphatic carbocycles. The Bertz CT molecular complexity index is 1090. The van der Waals surface area contributed by atoms with Gasteiger partial charge in [0.05, 0.1) is 24.3 Å². The lowest BCUT2D eigenvalue weighted by atomic mass is 9.99. The maximum atomic E-state index is 5.68. The lowest BCUT2D eigenvalue weighted by Gasteiger charge is -2.15. The van der Waals surface area contributed by atoms with Gasteiger partial charge in [-0.1, -0.05) is 59.8 Å². The first-order chi connectivity index (χ1) is 14.3. The topological polar surface area (TPSA) is 66.0 Å². The molecule has 0 spiro atoms. The summed E-state index contributed by atoms with van der Waals surface area (Å²) < 4.78 is 13.0. The molecule has 0 N–H and O–H groups in total. The van der Waals surface area contributed by atoms with Crippen molar-refractivity contribution in [3.8, 4) is 22.6 Å². The number of aromatic nitrogens is 4. The first-order valence-electron chi connectivity index (χ1n) is 9.86. The summed E-state index contributed by atoms with van der Waals surface area (Å²) in [5, 5.41) is 3.99. The van der Waals surface area contributed by atoms with E-state index in [0.29, 0.717) is 17.6 Å². The molecule has 146 valence electrons. The second kappa shape index (κ2) is 7.64. The summed E-state index contributed by atoms with van der Waals surface area (Å²) in [7, 11) is 0. The van der Waals surface area contributed by atoms with E-state index in [4.69, 9.17) is 14.2 Å². The van der Waals surface area contributed by atoms with Crippen molar-refractivity contribution in [3.63, 3.8) is 0 Å². The highest BCUT2D eigenvalue weighted by atomic mass is 16.5. The third kappa shape index (κ3) is 3.59. The lowest BCUT2D eigenvalue weighted by Crippen LogP contribution is -2.09. The summed E-state index contributed by atoms with van der Waals surface area (Å²) in [6, 6.07) is 18.7. The van der Waals surface area contributed by atoms with Crippen molar-refractivity contribution in [1.29, 1.82) is 0 Å². The van der Waals surface area contributed by atoms with Gasteiger partial charge in [-0.3, -0.25) is 0 Å². The Morgan fingerprint density at radius 1 is 1.03 bits per heavy atom. The molecule has 0 saturated carbocycles. The monoisotopic (exact) mass is 386 g/mol. The zero-order valence-corrected chi connectivity index (χ0v) is 16.3. The number of ether oxygens (including phenoxy) is 1. The predicted octanol–water partition coefficient (Wildman–Crippen LogP) is 4.46. The highest BCUT2D eigenvalue weighted by Crippen LogP contribution is 2.33. The van der Waals surface area contributed by atoms with Crippen LogP contribution in [0.2, 0.25) is 0 Å². The van der Waals surface area contributed by atoms with E-state index in [1.165, 1.54) is 11.3 Å². The zero-order chi connectivity index (χ0) is 19.6. The number of hydrogen-bond acceptors (Lipinski definition) is 5. The van der Waals surface area contributed by atoms with Crippen molar-refractivity contribution in [2.24, 2.45) is 0 Å². The van der Waals surface area contributed by atoms with Crippen molar-refractivity contribution < 1.29 is 9.26 Å². The molecule has 29 heavy (non-hydrogen) atoms. The predicted molar refractivity (Wildman–Crippen MR) is 109 cm³/mol. The molecule has 2 aromatic carbocycles. The molecule has 1 fully saturated rings. The number of nitrogens with zero attached hydrogens (tertiary/aromatic N) is 4. The Balaban J connectivity index is 1.46. The molecular weight excluding hydrogens is 364 g/mol. The van der Waals surface area contributed by atoms with Crippen molar-refractivity contribution >= 4 is 0 Å². The molecule has 5 rings (SSSR count). The van der Waals surface area contributed by atoms with Gasteiger partial charge in [-0.15, -0.1) is 0 Å². The summed E-state index contributed by atoms with van der Waals surface area (Å²) >= 11 is 0. The molecule has 6 heteroatoms. The largest absolute Gasteiger partial charge is 0.381 e. The standard InChI is InChI=1S/C23H22N4O2/c1-16-25-23(26-29-16)19-9-7-17(8-10-19)13-27-15-24-21(18-5-3-2-4-6-18)22(27)20-11-12-28-14-20/h2-10,15,20H,11-14H2,1H3/t20-/m1/s1. The van der Waals surface area contributed by atoms with Crippen LogP contribution in [0.1, 0.15) is 29.5 Å². The minimum atomic E-state index is 0.370. The normalized spacial score (nSPS) is 16.4. The van der Waals surface area contributed by atoms with E-state index >= 15 is 0 Å². The zero-order valence-electron chi connectivity index (χ0n) is 16.3. The Kier molecular flexibility index (Phi) is 4.69. The summed E-state index contributed by atoms with van der Waals surface area (Å²) in [5.41, 5.74) is 5.61. The second-order valence-electron chi connectivity index (χ2n) is 7.37. The third-order valence-electron chi connectivity index (χ3n) is 5.33. The maximum absolute atomic E-state index is 5.68. The first-order valence-corrected chi connectivity index (χ1v) is 9.86. The summed E-state index contributed by atoms with van der Waals surface area (Å²) in [6.07, 6.45) is 2.98. The van der Waals surface area contributed by atoms with Crippen LogP contribution in [-0.4, -0.2) is 32.9 Å². The molecular formula is C23H22N4O2. The van der Waals surface area contributed by atoms with Crippen LogP contribution in [0, 0.1) is 6.92 Å². The van der Waals surface area contributed by atoms with E-state index in [1.54, 1.807) is 6.92 Å². The van der Waals surface area contributed by atoms with Crippen LogP contribution in [0.3, 0.4) is 0 Å². The van der Waals surface area contributed by atoms with Crippen LogP contribution < -0.4 is 0 Å². The average molecular weight is 386 g/mol. The van der Waals surface area contributed by atoms with Gasteiger partial charge < -0.3 is 13.8 Å². The fourth-order valence-electron chi connectivity index (χ4n) is 3.89. The molecule has 1 aliphatic heterocycles. The van der Waals surface area contributed by atoms with Gasteiger partial charge in [0.15, 0.2) is 0 Å². The van der Waals surface area contributed by atoms with Gasteiger partial charge >= 0.3 is 0 Å².